The van der Waals surface area contributed by atoms with Crippen molar-refractivity contribution in [1.82, 2.24) is 15.1 Å². The van der Waals surface area contributed by atoms with E-state index in [1.54, 1.807) is 12.0 Å². The van der Waals surface area contributed by atoms with Crippen molar-refractivity contribution in [2.45, 2.75) is 45.3 Å². The van der Waals surface area contributed by atoms with Gasteiger partial charge in [-0.3, -0.25) is 4.79 Å². The number of hydrogen-bond donors (Lipinski definition) is 1. The van der Waals surface area contributed by atoms with Gasteiger partial charge in [-0.25, -0.2) is 4.79 Å². The molecule has 1 aliphatic heterocycles. The predicted octanol–water partition coefficient (Wildman–Crippen LogP) is 3.06. The van der Waals surface area contributed by atoms with Crippen LogP contribution >= 0.6 is 0 Å². The Labute approximate surface area is 174 Å². The van der Waals surface area contributed by atoms with Crippen LogP contribution < -0.4 is 10.1 Å². The van der Waals surface area contributed by atoms with Crippen molar-refractivity contribution in [2.75, 3.05) is 40.8 Å². The second-order valence-electron chi connectivity index (χ2n) is 8.77. The molecule has 2 atom stereocenters. The van der Waals surface area contributed by atoms with Crippen LogP contribution in [-0.2, 0) is 9.53 Å². The molecule has 2 rings (SSSR count). The molecule has 1 saturated heterocycles. The monoisotopic (exact) mass is 405 g/mol. The van der Waals surface area contributed by atoms with E-state index in [1.165, 1.54) is 0 Å². The van der Waals surface area contributed by atoms with Gasteiger partial charge >= 0.3 is 6.09 Å². The van der Waals surface area contributed by atoms with Crippen LogP contribution in [0.3, 0.4) is 0 Å². The van der Waals surface area contributed by atoms with Crippen LogP contribution in [0, 0.1) is 5.92 Å². The number of ether oxygens (including phenoxy) is 2. The second kappa shape index (κ2) is 9.96. The Morgan fingerprint density at radius 2 is 2.03 bits per heavy atom. The topological polar surface area (TPSA) is 71.1 Å². The Kier molecular flexibility index (Phi) is 7.90. The van der Waals surface area contributed by atoms with Gasteiger partial charge in [0.1, 0.15) is 11.4 Å². The molecule has 29 heavy (non-hydrogen) atoms. The van der Waals surface area contributed by atoms with E-state index in [2.05, 4.69) is 10.2 Å². The Morgan fingerprint density at radius 1 is 1.31 bits per heavy atom. The lowest BCUT2D eigenvalue weighted by molar-refractivity contribution is -0.126. The highest BCUT2D eigenvalue weighted by atomic mass is 16.6. The summed E-state index contributed by atoms with van der Waals surface area (Å²) in [7, 11) is 5.62. The van der Waals surface area contributed by atoms with Gasteiger partial charge in [-0.1, -0.05) is 12.1 Å². The van der Waals surface area contributed by atoms with Gasteiger partial charge in [0.15, 0.2) is 0 Å². The van der Waals surface area contributed by atoms with Crippen molar-refractivity contribution in [3.05, 3.63) is 29.8 Å². The third-order valence-corrected chi connectivity index (χ3v) is 5.02. The minimum absolute atomic E-state index is 0.0204. The first kappa shape index (κ1) is 23.0. The van der Waals surface area contributed by atoms with E-state index in [-0.39, 0.29) is 24.0 Å². The third-order valence-electron chi connectivity index (χ3n) is 5.02. The van der Waals surface area contributed by atoms with Crippen LogP contribution in [0.25, 0.3) is 0 Å². The molecule has 7 nitrogen and oxygen atoms in total. The molecular formula is C22H35N3O4. The van der Waals surface area contributed by atoms with Crippen LogP contribution in [0.4, 0.5) is 4.79 Å². The summed E-state index contributed by atoms with van der Waals surface area (Å²) < 4.78 is 10.8. The minimum atomic E-state index is -0.540. The Hall–Kier alpha value is -2.28. The van der Waals surface area contributed by atoms with Crippen molar-refractivity contribution >= 4 is 12.0 Å². The fourth-order valence-corrected chi connectivity index (χ4v) is 3.47. The lowest BCUT2D eigenvalue weighted by Gasteiger charge is -2.34. The molecule has 1 fully saturated rings. The average molecular weight is 406 g/mol. The molecule has 162 valence electrons. The van der Waals surface area contributed by atoms with E-state index in [9.17, 15) is 9.59 Å². The first-order chi connectivity index (χ1) is 13.6. The summed E-state index contributed by atoms with van der Waals surface area (Å²) >= 11 is 0. The minimum Gasteiger partial charge on any atom is -0.497 e. The average Bonchev–Trinajstić information content (AvgIpc) is 2.66. The first-order valence-corrected chi connectivity index (χ1v) is 10.2. The number of nitrogens with one attached hydrogen (secondary N) is 1. The molecule has 0 radical (unpaired) electrons. The molecule has 7 heteroatoms. The maximum Gasteiger partial charge on any atom is 0.410 e. The zero-order valence-corrected chi connectivity index (χ0v) is 18.5. The fourth-order valence-electron chi connectivity index (χ4n) is 3.47. The summed E-state index contributed by atoms with van der Waals surface area (Å²) in [5.74, 6) is 0.554. The van der Waals surface area contributed by atoms with E-state index < -0.39 is 5.60 Å². The number of methoxy groups -OCH3 is 1. The predicted molar refractivity (Wildman–Crippen MR) is 113 cm³/mol. The molecule has 0 aliphatic carbocycles. The normalized spacial score (nSPS) is 18.3. The van der Waals surface area contributed by atoms with Crippen molar-refractivity contribution in [1.29, 1.82) is 0 Å². The van der Waals surface area contributed by atoms with Gasteiger partial charge in [0.25, 0.3) is 0 Å². The van der Waals surface area contributed by atoms with E-state index in [0.29, 0.717) is 19.6 Å². The van der Waals surface area contributed by atoms with Crippen LogP contribution in [0.5, 0.6) is 5.75 Å². The molecular weight excluding hydrogens is 370 g/mol. The van der Waals surface area contributed by atoms with Crippen LogP contribution in [0.2, 0.25) is 0 Å². The van der Waals surface area contributed by atoms with Crippen molar-refractivity contribution < 1.29 is 19.1 Å². The molecule has 0 aromatic heterocycles. The number of carbonyl (C=O) groups excluding carboxylic acids is 2. The number of amides is 2. The number of nitrogens with zero attached hydrogens (tertiary/aromatic N) is 2. The molecule has 1 N–H and O–H groups in total. The number of carbonyl (C=O) groups is 2. The fraction of sp³-hybridized carbons (Fsp3) is 0.636. The molecule has 1 aromatic rings. The number of hydrogen-bond acceptors (Lipinski definition) is 5. The van der Waals surface area contributed by atoms with Gasteiger partial charge < -0.3 is 24.6 Å². The summed E-state index contributed by atoms with van der Waals surface area (Å²) in [5.41, 5.74) is 0.538. The zero-order valence-electron chi connectivity index (χ0n) is 18.5. The highest BCUT2D eigenvalue weighted by Gasteiger charge is 2.31. The summed E-state index contributed by atoms with van der Waals surface area (Å²) in [6, 6.07) is 7.90. The van der Waals surface area contributed by atoms with Crippen molar-refractivity contribution in [3.8, 4) is 5.75 Å². The zero-order chi connectivity index (χ0) is 21.6. The number of piperidine rings is 1. The molecule has 0 unspecified atom stereocenters. The van der Waals surface area contributed by atoms with Gasteiger partial charge in [-0.2, -0.15) is 0 Å². The second-order valence-corrected chi connectivity index (χ2v) is 8.77. The van der Waals surface area contributed by atoms with Crippen LogP contribution in [0.15, 0.2) is 24.3 Å². The lowest BCUT2D eigenvalue weighted by Crippen LogP contribution is -2.47. The van der Waals surface area contributed by atoms with Crippen molar-refractivity contribution in [3.63, 3.8) is 0 Å². The van der Waals surface area contributed by atoms with Gasteiger partial charge in [-0.05, 0) is 65.4 Å². The number of benzene rings is 1. The quantitative estimate of drug-likeness (QED) is 0.788. The van der Waals surface area contributed by atoms with Crippen LogP contribution in [0.1, 0.15) is 45.2 Å². The molecule has 1 aliphatic rings. The molecule has 0 spiro atoms. The SMILES string of the molecule is COc1cccc([C@@H](CNC(=O)[C@H]2CCCN(C(=O)OC(C)(C)C)C2)N(C)C)c1. The smallest absolute Gasteiger partial charge is 0.410 e. The van der Waals surface area contributed by atoms with E-state index >= 15 is 0 Å². The Morgan fingerprint density at radius 3 is 2.66 bits per heavy atom. The summed E-state index contributed by atoms with van der Waals surface area (Å²) in [6.07, 6.45) is 1.22. The van der Waals surface area contributed by atoms with Gasteiger partial charge in [0.2, 0.25) is 5.91 Å². The lowest BCUT2D eigenvalue weighted by atomic mass is 9.97. The Balaban J connectivity index is 1.96. The van der Waals surface area contributed by atoms with E-state index in [1.807, 2.05) is 59.1 Å². The molecule has 0 saturated carbocycles. The number of likely N-dealkylation sites (N-methyl/N-ethyl adjacent to an activating group) is 1. The third kappa shape index (κ3) is 6.92. The highest BCUT2D eigenvalue weighted by molar-refractivity contribution is 5.80. The first-order valence-electron chi connectivity index (χ1n) is 10.2. The molecule has 0 bridgehead atoms. The number of likely N-dealkylation sites (tertiary alicyclic amines) is 1. The van der Waals surface area contributed by atoms with Crippen LogP contribution in [-0.4, -0.2) is 68.2 Å². The summed E-state index contributed by atoms with van der Waals surface area (Å²) in [5, 5.41) is 3.08. The molecule has 1 heterocycles. The maximum atomic E-state index is 12.8. The van der Waals surface area contributed by atoms with Crippen molar-refractivity contribution in [2.24, 2.45) is 5.92 Å². The molecule has 1 aromatic carbocycles. The molecule has 2 amide bonds. The highest BCUT2D eigenvalue weighted by Crippen LogP contribution is 2.23. The summed E-state index contributed by atoms with van der Waals surface area (Å²) in [4.78, 5) is 28.9. The standard InChI is InChI=1S/C22H35N3O4/c1-22(2,3)29-21(27)25-12-8-10-17(15-25)20(26)23-14-19(24(4)5)16-9-7-11-18(13-16)28-6/h7,9,11,13,17,19H,8,10,12,14-15H2,1-6H3,(H,23,26)/t17-,19+/m0/s1. The summed E-state index contributed by atoms with van der Waals surface area (Å²) in [6.45, 7) is 7.05. The van der Waals surface area contributed by atoms with E-state index in [4.69, 9.17) is 9.47 Å². The van der Waals surface area contributed by atoms with E-state index in [0.717, 1.165) is 24.2 Å². The van der Waals surface area contributed by atoms with Gasteiger partial charge in [0.05, 0.1) is 19.1 Å². The Bertz CT molecular complexity index is 700. The van der Waals surface area contributed by atoms with Gasteiger partial charge in [0, 0.05) is 19.6 Å². The maximum absolute atomic E-state index is 12.8. The largest absolute Gasteiger partial charge is 0.497 e. The number of rotatable bonds is 6. The van der Waals surface area contributed by atoms with Gasteiger partial charge in [-0.15, -0.1) is 0 Å².